The van der Waals surface area contributed by atoms with Gasteiger partial charge in [0.05, 0.1) is 23.3 Å². The van der Waals surface area contributed by atoms with E-state index in [1.807, 2.05) is 53.7 Å². The van der Waals surface area contributed by atoms with Crippen molar-refractivity contribution in [1.29, 1.82) is 0 Å². The maximum atomic E-state index is 13.1. The number of hydrogen-bond donors (Lipinski definition) is 2. The average Bonchev–Trinajstić information content (AvgIpc) is 2.87. The van der Waals surface area contributed by atoms with Gasteiger partial charge in [0.15, 0.2) is 9.84 Å². The highest BCUT2D eigenvalue weighted by atomic mass is 32.2. The van der Waals surface area contributed by atoms with Crippen molar-refractivity contribution in [1.82, 2.24) is 0 Å². The first-order chi connectivity index (χ1) is 18.9. The molecule has 8 nitrogen and oxygen atoms in total. The molecule has 0 fully saturated rings. The summed E-state index contributed by atoms with van der Waals surface area (Å²) in [4.78, 5) is 25.1. The number of aryl methyl sites for hydroxylation is 2. The molecule has 0 aromatic heterocycles. The second kappa shape index (κ2) is 13.7. The summed E-state index contributed by atoms with van der Waals surface area (Å²) < 4.78 is 36.9. The Kier molecular flexibility index (Phi) is 11.4. The molecule has 0 aliphatic heterocycles. The van der Waals surface area contributed by atoms with Crippen LogP contribution in [-0.4, -0.2) is 41.1 Å². The van der Waals surface area contributed by atoms with Gasteiger partial charge < -0.3 is 19.7 Å². The molecule has 0 heterocycles. The lowest BCUT2D eigenvalue weighted by molar-refractivity contribution is -0.145. The summed E-state index contributed by atoms with van der Waals surface area (Å²) in [7, 11) is -3.85. The third-order valence-electron chi connectivity index (χ3n) is 7.89. The van der Waals surface area contributed by atoms with Gasteiger partial charge in [-0.1, -0.05) is 39.8 Å². The maximum Gasteiger partial charge on any atom is 0.307 e. The molecule has 2 unspecified atom stereocenters. The van der Waals surface area contributed by atoms with Gasteiger partial charge in [0.1, 0.15) is 24.7 Å². The summed E-state index contributed by atoms with van der Waals surface area (Å²) in [6.45, 7) is 17.9. The molecule has 0 radical (unpaired) electrons. The predicted octanol–water partition coefficient (Wildman–Crippen LogP) is 6.34. The summed E-state index contributed by atoms with van der Waals surface area (Å²) in [5.41, 5.74) is 6.01. The summed E-state index contributed by atoms with van der Waals surface area (Å²) in [6.07, 6.45) is -0.731. The standard InChI is InChI=1S/C32H46O8S/c1-17(2)25-11-19(5)27(23(9)31(25)35)15-39-29(33)13-21(7)41(37,38)22(8)14-30(34)40-16-28-20(6)12-26(18(3)4)32(36)24(28)10/h11-12,17-18,21-22,35-36H,13-16H2,1-10H3. The predicted molar refractivity (Wildman–Crippen MR) is 160 cm³/mol. The zero-order chi connectivity index (χ0) is 31.4. The van der Waals surface area contributed by atoms with Gasteiger partial charge in [-0.25, -0.2) is 8.42 Å². The molecule has 2 aromatic carbocycles. The minimum Gasteiger partial charge on any atom is -0.507 e. The van der Waals surface area contributed by atoms with Gasteiger partial charge in [-0.2, -0.15) is 0 Å². The van der Waals surface area contributed by atoms with Crippen LogP contribution in [0.3, 0.4) is 0 Å². The van der Waals surface area contributed by atoms with Crippen LogP contribution in [-0.2, 0) is 42.1 Å². The first-order valence-electron chi connectivity index (χ1n) is 14.1. The van der Waals surface area contributed by atoms with Crippen LogP contribution in [0.5, 0.6) is 11.5 Å². The van der Waals surface area contributed by atoms with Gasteiger partial charge in [-0.3, -0.25) is 9.59 Å². The lowest BCUT2D eigenvalue weighted by Gasteiger charge is -2.20. The molecule has 2 N–H and O–H groups in total. The van der Waals surface area contributed by atoms with Crippen molar-refractivity contribution < 1.29 is 37.7 Å². The van der Waals surface area contributed by atoms with Gasteiger partial charge in [-0.15, -0.1) is 0 Å². The van der Waals surface area contributed by atoms with Crippen LogP contribution in [0.2, 0.25) is 0 Å². The number of rotatable bonds is 12. The van der Waals surface area contributed by atoms with E-state index in [4.69, 9.17) is 9.47 Å². The molecule has 228 valence electrons. The van der Waals surface area contributed by atoms with Gasteiger partial charge >= 0.3 is 11.9 Å². The summed E-state index contributed by atoms with van der Waals surface area (Å²) in [5, 5.41) is 18.9. The maximum absolute atomic E-state index is 13.1. The van der Waals surface area contributed by atoms with Crippen LogP contribution in [0.1, 0.15) is 111 Å². The summed E-state index contributed by atoms with van der Waals surface area (Å²) >= 11 is 0. The highest BCUT2D eigenvalue weighted by Gasteiger charge is 2.32. The van der Waals surface area contributed by atoms with E-state index < -0.39 is 32.3 Å². The first-order valence-corrected chi connectivity index (χ1v) is 15.7. The molecule has 0 saturated carbocycles. The monoisotopic (exact) mass is 590 g/mol. The Morgan fingerprint density at radius 2 is 1.00 bits per heavy atom. The van der Waals surface area contributed by atoms with Gasteiger partial charge in [0.25, 0.3) is 0 Å². The Hall–Kier alpha value is -3.07. The molecule has 0 bridgehead atoms. The Labute approximate surface area is 245 Å². The number of benzene rings is 2. The molecular formula is C32H46O8S. The van der Waals surface area contributed by atoms with Crippen LogP contribution < -0.4 is 0 Å². The highest BCUT2D eigenvalue weighted by molar-refractivity contribution is 7.92. The minimum absolute atomic E-state index is 0.0797. The molecule has 2 atom stereocenters. The number of carbonyl (C=O) groups excluding carboxylic acids is 2. The highest BCUT2D eigenvalue weighted by Crippen LogP contribution is 2.35. The van der Waals surface area contributed by atoms with Crippen molar-refractivity contribution >= 4 is 21.8 Å². The fourth-order valence-electron chi connectivity index (χ4n) is 4.93. The molecule has 0 saturated heterocycles. The number of hydrogen-bond acceptors (Lipinski definition) is 8. The largest absolute Gasteiger partial charge is 0.507 e. The van der Waals surface area contributed by atoms with Crippen molar-refractivity contribution in [2.75, 3.05) is 0 Å². The number of sulfone groups is 1. The van der Waals surface area contributed by atoms with E-state index in [2.05, 4.69) is 0 Å². The number of ether oxygens (including phenoxy) is 2. The van der Waals surface area contributed by atoms with Crippen molar-refractivity contribution in [2.24, 2.45) is 0 Å². The molecule has 2 aromatic rings. The van der Waals surface area contributed by atoms with Gasteiger partial charge in [0, 0.05) is 0 Å². The van der Waals surface area contributed by atoms with E-state index in [0.717, 1.165) is 22.3 Å². The van der Waals surface area contributed by atoms with Crippen LogP contribution in [0.15, 0.2) is 12.1 Å². The smallest absolute Gasteiger partial charge is 0.307 e. The Morgan fingerprint density at radius 1 is 0.683 bits per heavy atom. The SMILES string of the molecule is Cc1cc(C(C)C)c(O)c(C)c1COC(=O)CC(C)S(=O)(=O)C(C)CC(=O)OCc1c(C)cc(C(C)C)c(O)c1C. The molecule has 2 rings (SSSR count). The molecule has 0 aliphatic carbocycles. The van der Waals surface area contributed by atoms with E-state index >= 15 is 0 Å². The van der Waals surface area contributed by atoms with Gasteiger partial charge in [0.2, 0.25) is 0 Å². The lowest BCUT2D eigenvalue weighted by atomic mass is 9.93. The van der Waals surface area contributed by atoms with Crippen LogP contribution in [0, 0.1) is 27.7 Å². The molecule has 0 aliphatic rings. The third kappa shape index (κ3) is 8.03. The van der Waals surface area contributed by atoms with Crippen molar-refractivity contribution in [2.45, 2.75) is 118 Å². The molecule has 9 heteroatoms. The van der Waals surface area contributed by atoms with E-state index in [1.54, 1.807) is 13.8 Å². The van der Waals surface area contributed by atoms with Crippen molar-refractivity contribution in [3.05, 3.63) is 56.6 Å². The van der Waals surface area contributed by atoms with Crippen LogP contribution in [0.25, 0.3) is 0 Å². The topological polar surface area (TPSA) is 127 Å². The summed E-state index contributed by atoms with van der Waals surface area (Å²) in [5.74, 6) is -0.763. The van der Waals surface area contributed by atoms with E-state index in [0.29, 0.717) is 22.3 Å². The molecule has 41 heavy (non-hydrogen) atoms. The Balaban J connectivity index is 1.99. The van der Waals surface area contributed by atoms with E-state index in [9.17, 15) is 28.2 Å². The van der Waals surface area contributed by atoms with E-state index in [1.165, 1.54) is 13.8 Å². The van der Waals surface area contributed by atoms with Crippen molar-refractivity contribution in [3.63, 3.8) is 0 Å². The Bertz CT molecular complexity index is 1290. The zero-order valence-corrected chi connectivity index (χ0v) is 26.9. The number of phenols is 2. The van der Waals surface area contributed by atoms with Gasteiger partial charge in [-0.05, 0) is 97.9 Å². The van der Waals surface area contributed by atoms with Crippen LogP contribution >= 0.6 is 0 Å². The fraction of sp³-hybridized carbons (Fsp3) is 0.562. The zero-order valence-electron chi connectivity index (χ0n) is 26.0. The number of esters is 2. The number of carbonyl (C=O) groups is 2. The fourth-order valence-corrected chi connectivity index (χ4v) is 6.46. The van der Waals surface area contributed by atoms with E-state index in [-0.39, 0.29) is 49.4 Å². The quantitative estimate of drug-likeness (QED) is 0.274. The summed E-state index contributed by atoms with van der Waals surface area (Å²) in [6, 6.07) is 3.74. The minimum atomic E-state index is -3.85. The third-order valence-corrected chi connectivity index (χ3v) is 10.5. The molecule has 0 amide bonds. The number of phenolic OH excluding ortho intramolecular Hbond substituents is 2. The molecular weight excluding hydrogens is 544 g/mol. The van der Waals surface area contributed by atoms with Crippen molar-refractivity contribution in [3.8, 4) is 11.5 Å². The van der Waals surface area contributed by atoms with Crippen LogP contribution in [0.4, 0.5) is 0 Å². The lowest BCUT2D eigenvalue weighted by Crippen LogP contribution is -2.32. The number of aromatic hydroxyl groups is 2. The average molecular weight is 591 g/mol. The molecule has 0 spiro atoms. The normalized spacial score (nSPS) is 13.4. The first kappa shape index (κ1) is 34.1. The second-order valence-corrected chi connectivity index (χ2v) is 14.5. The Morgan fingerprint density at radius 3 is 1.29 bits per heavy atom. The second-order valence-electron chi connectivity index (χ2n) is 11.7.